The topological polar surface area (TPSA) is 41.6 Å². The Morgan fingerprint density at radius 3 is 2.40 bits per heavy atom. The smallest absolute Gasteiger partial charge is 0.310 e. The molecule has 0 aliphatic rings. The van der Waals surface area contributed by atoms with E-state index in [1.54, 1.807) is 0 Å². The van der Waals surface area contributed by atoms with Crippen LogP contribution >= 0.6 is 0 Å². The van der Waals surface area contributed by atoms with Crippen molar-refractivity contribution in [2.24, 2.45) is 11.8 Å². The predicted molar refractivity (Wildman–Crippen MR) is 61.8 cm³/mol. The third kappa shape index (κ3) is 6.47. The van der Waals surface area contributed by atoms with Crippen molar-refractivity contribution in [1.29, 1.82) is 0 Å². The number of hydrogen-bond donors (Lipinski definition) is 1. The first-order valence-corrected chi connectivity index (χ1v) is 5.42. The average Bonchev–Trinajstić information content (AvgIpc) is 2.15. The second-order valence-electron chi connectivity index (χ2n) is 4.38. The first-order chi connectivity index (χ1) is 6.99. The number of ether oxygens (including phenoxy) is 1. The molecule has 15 heavy (non-hydrogen) atoms. The fourth-order valence-electron chi connectivity index (χ4n) is 1.30. The lowest BCUT2D eigenvalue weighted by molar-refractivity contribution is -0.146. The van der Waals surface area contributed by atoms with Crippen LogP contribution in [0.5, 0.6) is 0 Å². The van der Waals surface area contributed by atoms with Gasteiger partial charge in [-0.1, -0.05) is 13.8 Å². The number of methoxy groups -OCH3 is 1. The third-order valence-electron chi connectivity index (χ3n) is 2.41. The number of rotatable bonds is 7. The molecular formula is C11H24N2O2. The molecule has 1 N–H and O–H groups in total. The zero-order valence-corrected chi connectivity index (χ0v) is 10.5. The Bertz CT molecular complexity index is 181. The van der Waals surface area contributed by atoms with Gasteiger partial charge in [0.1, 0.15) is 0 Å². The van der Waals surface area contributed by atoms with Crippen LogP contribution in [0.3, 0.4) is 0 Å². The lowest BCUT2D eigenvalue weighted by atomic mass is 9.96. The standard InChI is InChI=1S/C11H24N2O2/c1-9(2)10(11(14)15-5)8-12-6-7-13(3)4/h9-10,12H,6-8H2,1-5H3. The molecule has 1 unspecified atom stereocenters. The molecule has 90 valence electrons. The molecule has 0 radical (unpaired) electrons. The summed E-state index contributed by atoms with van der Waals surface area (Å²) in [6.45, 7) is 6.64. The van der Waals surface area contributed by atoms with E-state index in [4.69, 9.17) is 4.74 Å². The quantitative estimate of drug-likeness (QED) is 0.499. The van der Waals surface area contributed by atoms with Crippen LogP contribution in [0.2, 0.25) is 0 Å². The highest BCUT2D eigenvalue weighted by atomic mass is 16.5. The van der Waals surface area contributed by atoms with Crippen LogP contribution in [0.15, 0.2) is 0 Å². The minimum atomic E-state index is -0.123. The van der Waals surface area contributed by atoms with E-state index in [0.29, 0.717) is 12.5 Å². The van der Waals surface area contributed by atoms with E-state index in [1.165, 1.54) is 7.11 Å². The van der Waals surface area contributed by atoms with Crippen molar-refractivity contribution in [3.05, 3.63) is 0 Å². The molecule has 0 aliphatic heterocycles. The van der Waals surface area contributed by atoms with Gasteiger partial charge < -0.3 is 15.0 Å². The number of likely N-dealkylation sites (N-methyl/N-ethyl adjacent to an activating group) is 1. The fraction of sp³-hybridized carbons (Fsp3) is 0.909. The molecule has 0 spiro atoms. The van der Waals surface area contributed by atoms with Crippen LogP contribution < -0.4 is 5.32 Å². The molecule has 4 heteroatoms. The van der Waals surface area contributed by atoms with Crippen LogP contribution in [0.25, 0.3) is 0 Å². The molecule has 0 amide bonds. The first-order valence-electron chi connectivity index (χ1n) is 5.42. The number of carbonyl (C=O) groups is 1. The molecule has 0 saturated heterocycles. The summed E-state index contributed by atoms with van der Waals surface area (Å²) in [5.74, 6) is 0.142. The van der Waals surface area contributed by atoms with E-state index in [1.807, 2.05) is 27.9 Å². The molecule has 0 bridgehead atoms. The fourth-order valence-corrected chi connectivity index (χ4v) is 1.30. The van der Waals surface area contributed by atoms with Gasteiger partial charge in [0.25, 0.3) is 0 Å². The average molecular weight is 216 g/mol. The number of carbonyl (C=O) groups excluding carboxylic acids is 1. The molecule has 0 aromatic carbocycles. The molecule has 4 nitrogen and oxygen atoms in total. The van der Waals surface area contributed by atoms with E-state index in [-0.39, 0.29) is 11.9 Å². The second-order valence-corrected chi connectivity index (χ2v) is 4.38. The summed E-state index contributed by atoms with van der Waals surface area (Å²) in [6.07, 6.45) is 0. The largest absolute Gasteiger partial charge is 0.469 e. The summed E-state index contributed by atoms with van der Waals surface area (Å²) >= 11 is 0. The third-order valence-corrected chi connectivity index (χ3v) is 2.41. The van der Waals surface area contributed by atoms with E-state index in [9.17, 15) is 4.79 Å². The summed E-state index contributed by atoms with van der Waals surface area (Å²) < 4.78 is 4.76. The summed E-state index contributed by atoms with van der Waals surface area (Å²) in [7, 11) is 5.50. The lowest BCUT2D eigenvalue weighted by Crippen LogP contribution is -2.36. The normalized spacial score (nSPS) is 13.3. The molecule has 1 atom stereocenters. The molecule has 0 aliphatic carbocycles. The first kappa shape index (κ1) is 14.4. The second kappa shape index (κ2) is 7.65. The van der Waals surface area contributed by atoms with Gasteiger partial charge >= 0.3 is 5.97 Å². The summed E-state index contributed by atoms with van der Waals surface area (Å²) in [6, 6.07) is 0. The van der Waals surface area contributed by atoms with Crippen molar-refractivity contribution in [1.82, 2.24) is 10.2 Å². The van der Waals surface area contributed by atoms with Gasteiger partial charge in [0.15, 0.2) is 0 Å². The Kier molecular flexibility index (Phi) is 7.34. The number of hydrogen-bond acceptors (Lipinski definition) is 4. The van der Waals surface area contributed by atoms with Crippen LogP contribution in [-0.2, 0) is 9.53 Å². The van der Waals surface area contributed by atoms with Gasteiger partial charge in [0.2, 0.25) is 0 Å². The van der Waals surface area contributed by atoms with Gasteiger partial charge in [-0.05, 0) is 20.0 Å². The highest BCUT2D eigenvalue weighted by molar-refractivity contribution is 5.72. The Morgan fingerprint density at radius 1 is 1.40 bits per heavy atom. The van der Waals surface area contributed by atoms with Crippen LogP contribution in [0.1, 0.15) is 13.8 Å². The Morgan fingerprint density at radius 2 is 2.00 bits per heavy atom. The molecule has 0 aromatic heterocycles. The number of esters is 1. The maximum Gasteiger partial charge on any atom is 0.310 e. The maximum atomic E-state index is 11.4. The summed E-state index contributed by atoms with van der Waals surface area (Å²) in [5.41, 5.74) is 0. The summed E-state index contributed by atoms with van der Waals surface area (Å²) in [5, 5.41) is 3.27. The van der Waals surface area contributed by atoms with Crippen molar-refractivity contribution in [2.45, 2.75) is 13.8 Å². The van der Waals surface area contributed by atoms with Gasteiger partial charge in [0, 0.05) is 19.6 Å². The zero-order chi connectivity index (χ0) is 11.8. The zero-order valence-electron chi connectivity index (χ0n) is 10.5. The van der Waals surface area contributed by atoms with Crippen LogP contribution in [-0.4, -0.2) is 51.7 Å². The van der Waals surface area contributed by atoms with E-state index < -0.39 is 0 Å². The van der Waals surface area contributed by atoms with E-state index in [0.717, 1.165) is 13.1 Å². The predicted octanol–water partition coefficient (Wildman–Crippen LogP) is 0.583. The minimum absolute atomic E-state index is 0.0443. The molecular weight excluding hydrogens is 192 g/mol. The minimum Gasteiger partial charge on any atom is -0.469 e. The van der Waals surface area contributed by atoms with Crippen molar-refractivity contribution in [2.75, 3.05) is 40.8 Å². The number of nitrogens with zero attached hydrogens (tertiary/aromatic N) is 1. The van der Waals surface area contributed by atoms with Gasteiger partial charge in [-0.25, -0.2) is 0 Å². The number of nitrogens with one attached hydrogen (secondary N) is 1. The van der Waals surface area contributed by atoms with Crippen LogP contribution in [0, 0.1) is 11.8 Å². The van der Waals surface area contributed by atoms with Gasteiger partial charge in [-0.2, -0.15) is 0 Å². The van der Waals surface area contributed by atoms with Crippen molar-refractivity contribution >= 4 is 5.97 Å². The van der Waals surface area contributed by atoms with Gasteiger partial charge in [-0.15, -0.1) is 0 Å². The Labute approximate surface area is 93.0 Å². The SMILES string of the molecule is COC(=O)C(CNCCN(C)C)C(C)C. The summed E-state index contributed by atoms with van der Waals surface area (Å²) in [4.78, 5) is 13.5. The lowest BCUT2D eigenvalue weighted by Gasteiger charge is -2.19. The Balaban J connectivity index is 3.82. The van der Waals surface area contributed by atoms with Crippen LogP contribution in [0.4, 0.5) is 0 Å². The molecule has 0 fully saturated rings. The molecule has 0 aromatic rings. The molecule has 0 rings (SSSR count). The monoisotopic (exact) mass is 216 g/mol. The highest BCUT2D eigenvalue weighted by Crippen LogP contribution is 2.11. The Hall–Kier alpha value is -0.610. The maximum absolute atomic E-state index is 11.4. The van der Waals surface area contributed by atoms with Gasteiger partial charge in [-0.3, -0.25) is 4.79 Å². The van der Waals surface area contributed by atoms with Gasteiger partial charge in [0.05, 0.1) is 13.0 Å². The van der Waals surface area contributed by atoms with Crippen molar-refractivity contribution in [3.8, 4) is 0 Å². The van der Waals surface area contributed by atoms with E-state index in [2.05, 4.69) is 10.2 Å². The molecule has 0 heterocycles. The molecule has 0 saturated carbocycles. The highest BCUT2D eigenvalue weighted by Gasteiger charge is 2.22. The van der Waals surface area contributed by atoms with Crippen molar-refractivity contribution < 1.29 is 9.53 Å². The van der Waals surface area contributed by atoms with Crippen molar-refractivity contribution in [3.63, 3.8) is 0 Å². The van der Waals surface area contributed by atoms with E-state index >= 15 is 0 Å².